The molecule has 0 unspecified atom stereocenters. The normalized spacial score (nSPS) is 21.8. The summed E-state index contributed by atoms with van der Waals surface area (Å²) in [7, 11) is 0. The number of esters is 1. The molecule has 1 aliphatic heterocycles. The van der Waals surface area contributed by atoms with E-state index in [1.807, 2.05) is 29.2 Å². The molecule has 2 aromatic carbocycles. The summed E-state index contributed by atoms with van der Waals surface area (Å²) in [6.45, 7) is 0.663. The van der Waals surface area contributed by atoms with Gasteiger partial charge in [-0.2, -0.15) is 0 Å². The van der Waals surface area contributed by atoms with E-state index in [2.05, 4.69) is 15.3 Å². The first-order valence-corrected chi connectivity index (χ1v) is 12.0. The third-order valence-electron chi connectivity index (χ3n) is 6.92. The molecule has 9 heteroatoms. The van der Waals surface area contributed by atoms with E-state index in [0.29, 0.717) is 43.0 Å². The maximum absolute atomic E-state index is 13.3. The van der Waals surface area contributed by atoms with Crippen molar-refractivity contribution >= 4 is 35.1 Å². The van der Waals surface area contributed by atoms with Crippen molar-refractivity contribution in [3.63, 3.8) is 0 Å². The third kappa shape index (κ3) is 4.66. The fourth-order valence-electron chi connectivity index (χ4n) is 5.01. The number of ether oxygens (including phenoxy) is 1. The van der Waals surface area contributed by atoms with Crippen molar-refractivity contribution in [2.45, 2.75) is 38.1 Å². The number of benzene rings is 2. The maximum atomic E-state index is 13.3. The Hall–Kier alpha value is -3.65. The van der Waals surface area contributed by atoms with Gasteiger partial charge in [0.2, 0.25) is 5.91 Å². The molecule has 2 N–H and O–H groups in total. The van der Waals surface area contributed by atoms with E-state index in [1.165, 1.54) is 6.33 Å². The van der Waals surface area contributed by atoms with E-state index >= 15 is 0 Å². The van der Waals surface area contributed by atoms with Crippen molar-refractivity contribution < 1.29 is 19.1 Å². The van der Waals surface area contributed by atoms with E-state index in [1.54, 1.807) is 30.3 Å². The van der Waals surface area contributed by atoms with Crippen molar-refractivity contribution in [2.75, 3.05) is 11.4 Å². The van der Waals surface area contributed by atoms with Crippen molar-refractivity contribution in [1.29, 1.82) is 0 Å². The van der Waals surface area contributed by atoms with Gasteiger partial charge in [-0.25, -0.2) is 9.78 Å². The Morgan fingerprint density at radius 2 is 1.86 bits per heavy atom. The molecule has 2 amide bonds. The second-order valence-electron chi connectivity index (χ2n) is 9.04. The molecule has 0 radical (unpaired) electrons. The van der Waals surface area contributed by atoms with Crippen LogP contribution in [0.3, 0.4) is 0 Å². The number of aromatic nitrogens is 2. The summed E-state index contributed by atoms with van der Waals surface area (Å²) in [6.07, 6.45) is 4.82. The van der Waals surface area contributed by atoms with Crippen LogP contribution in [0, 0.1) is 5.41 Å². The molecule has 2 aliphatic rings. The van der Waals surface area contributed by atoms with E-state index < -0.39 is 17.3 Å². The van der Waals surface area contributed by atoms with Crippen molar-refractivity contribution in [2.24, 2.45) is 5.41 Å². The van der Waals surface area contributed by atoms with Crippen LogP contribution in [0.15, 0.2) is 60.9 Å². The zero-order valence-corrected chi connectivity index (χ0v) is 19.8. The monoisotopic (exact) mass is 492 g/mol. The molecule has 35 heavy (non-hydrogen) atoms. The Bertz CT molecular complexity index is 1250. The summed E-state index contributed by atoms with van der Waals surface area (Å²) in [4.78, 5) is 47.3. The van der Waals surface area contributed by atoms with Crippen LogP contribution in [0.5, 0.6) is 5.75 Å². The van der Waals surface area contributed by atoms with Gasteiger partial charge in [-0.15, -0.1) is 0 Å². The average molecular weight is 493 g/mol. The van der Waals surface area contributed by atoms with Gasteiger partial charge in [0.05, 0.1) is 11.7 Å². The second kappa shape index (κ2) is 9.54. The second-order valence-corrected chi connectivity index (χ2v) is 9.48. The van der Waals surface area contributed by atoms with E-state index in [4.69, 9.17) is 16.3 Å². The molecular weight excluding hydrogens is 468 g/mol. The predicted molar refractivity (Wildman–Crippen MR) is 131 cm³/mol. The summed E-state index contributed by atoms with van der Waals surface area (Å²) in [5.41, 5.74) is 0.417. The minimum atomic E-state index is -0.681. The van der Waals surface area contributed by atoms with E-state index in [-0.39, 0.29) is 23.3 Å². The van der Waals surface area contributed by atoms with Crippen LogP contribution in [-0.4, -0.2) is 40.3 Å². The largest absolute Gasteiger partial charge is 0.422 e. The topological polar surface area (TPSA) is 104 Å². The molecule has 3 aromatic rings. The highest BCUT2D eigenvalue weighted by atomic mass is 35.5. The highest BCUT2D eigenvalue weighted by molar-refractivity contribution is 6.31. The lowest BCUT2D eigenvalue weighted by Crippen LogP contribution is -2.44. The highest BCUT2D eigenvalue weighted by Crippen LogP contribution is 2.46. The van der Waals surface area contributed by atoms with Gasteiger partial charge in [-0.05, 0) is 62.4 Å². The first kappa shape index (κ1) is 23.1. The molecule has 8 nitrogen and oxygen atoms in total. The van der Waals surface area contributed by atoms with Gasteiger partial charge in [0.1, 0.15) is 5.75 Å². The Morgan fingerprint density at radius 3 is 2.60 bits per heavy atom. The molecular formula is C26H25ClN4O4. The number of para-hydroxylation sites is 1. The molecule has 1 aliphatic carbocycles. The van der Waals surface area contributed by atoms with Crippen LogP contribution in [0.2, 0.25) is 5.02 Å². The summed E-state index contributed by atoms with van der Waals surface area (Å²) < 4.78 is 5.33. The van der Waals surface area contributed by atoms with Gasteiger partial charge in [0, 0.05) is 23.3 Å². The number of halogens is 1. The minimum Gasteiger partial charge on any atom is -0.422 e. The molecule has 1 saturated carbocycles. The average Bonchev–Trinajstić information content (AvgIpc) is 3.47. The van der Waals surface area contributed by atoms with Gasteiger partial charge < -0.3 is 19.9 Å². The van der Waals surface area contributed by atoms with E-state index in [9.17, 15) is 14.4 Å². The molecule has 1 aromatic heterocycles. The van der Waals surface area contributed by atoms with Crippen LogP contribution in [0.4, 0.5) is 5.69 Å². The molecule has 0 bridgehead atoms. The number of hydrogen-bond donors (Lipinski definition) is 2. The first-order chi connectivity index (χ1) is 16.9. The molecule has 180 valence electrons. The van der Waals surface area contributed by atoms with Crippen LogP contribution in [0.25, 0.3) is 0 Å². The van der Waals surface area contributed by atoms with Crippen LogP contribution in [-0.2, 0) is 4.79 Å². The summed E-state index contributed by atoms with van der Waals surface area (Å²) in [5.74, 6) is -0.614. The highest BCUT2D eigenvalue weighted by Gasteiger charge is 2.48. The van der Waals surface area contributed by atoms with E-state index in [0.717, 1.165) is 12.1 Å². The zero-order valence-electron chi connectivity index (χ0n) is 19.0. The standard InChI is InChI=1S/C26H25ClN4O4/c27-17-5-4-6-19(15-17)31-14-13-26(25(31)34)11-9-18(10-12-26)30-23(32)21-22(29-16-28-21)24(33)35-20-7-2-1-3-8-20/h1-8,15-16,18H,9-14H2,(H,28,29)(H,30,32). The van der Waals surface area contributed by atoms with Gasteiger partial charge in [-0.1, -0.05) is 35.9 Å². The molecule has 2 fully saturated rings. The van der Waals surface area contributed by atoms with Crippen molar-refractivity contribution in [3.8, 4) is 5.75 Å². The lowest BCUT2D eigenvalue weighted by molar-refractivity contribution is -0.127. The number of nitrogens with one attached hydrogen (secondary N) is 2. The number of rotatable bonds is 5. The van der Waals surface area contributed by atoms with Gasteiger partial charge >= 0.3 is 5.97 Å². The lowest BCUT2D eigenvalue weighted by Gasteiger charge is -2.36. The molecule has 1 saturated heterocycles. The smallest absolute Gasteiger partial charge is 0.362 e. The number of H-pyrrole nitrogens is 1. The van der Waals surface area contributed by atoms with Crippen LogP contribution >= 0.6 is 11.6 Å². The molecule has 5 rings (SSSR count). The number of nitrogens with zero attached hydrogens (tertiary/aromatic N) is 2. The lowest BCUT2D eigenvalue weighted by atomic mass is 9.71. The van der Waals surface area contributed by atoms with Crippen molar-refractivity contribution in [1.82, 2.24) is 15.3 Å². The SMILES string of the molecule is O=C(NC1CCC2(CC1)CCN(c1cccc(Cl)c1)C2=O)c1nc[nH]c1C(=O)Oc1ccccc1. The third-order valence-corrected chi connectivity index (χ3v) is 7.16. The number of imidazole rings is 1. The minimum absolute atomic E-state index is 0.00164. The predicted octanol–water partition coefficient (Wildman–Crippen LogP) is 4.38. The number of hydrogen-bond acceptors (Lipinski definition) is 5. The number of anilines is 1. The maximum Gasteiger partial charge on any atom is 0.362 e. The first-order valence-electron chi connectivity index (χ1n) is 11.6. The Morgan fingerprint density at radius 1 is 1.09 bits per heavy atom. The number of amides is 2. The Balaban J connectivity index is 1.19. The fraction of sp³-hybridized carbons (Fsp3) is 0.308. The molecule has 1 spiro atoms. The van der Waals surface area contributed by atoms with Crippen LogP contribution in [0.1, 0.15) is 53.1 Å². The van der Waals surface area contributed by atoms with Gasteiger partial charge in [0.15, 0.2) is 11.4 Å². The van der Waals surface area contributed by atoms with Gasteiger partial charge in [0.25, 0.3) is 5.91 Å². The van der Waals surface area contributed by atoms with Crippen LogP contribution < -0.4 is 15.0 Å². The summed E-state index contributed by atoms with van der Waals surface area (Å²) >= 11 is 6.11. The number of carbonyl (C=O) groups excluding carboxylic acids is 3. The van der Waals surface area contributed by atoms with Crippen molar-refractivity contribution in [3.05, 3.63) is 77.3 Å². The summed E-state index contributed by atoms with van der Waals surface area (Å²) in [5, 5.41) is 3.59. The molecule has 0 atom stereocenters. The fourth-order valence-corrected chi connectivity index (χ4v) is 5.20. The number of carbonyl (C=O) groups is 3. The number of aromatic amines is 1. The Labute approximate surface area is 207 Å². The Kier molecular flexibility index (Phi) is 6.30. The zero-order chi connectivity index (χ0) is 24.4. The quantitative estimate of drug-likeness (QED) is 0.406. The van der Waals surface area contributed by atoms with Gasteiger partial charge in [-0.3, -0.25) is 9.59 Å². The molecule has 2 heterocycles. The summed E-state index contributed by atoms with van der Waals surface area (Å²) in [6, 6.07) is 15.9.